The van der Waals surface area contributed by atoms with Gasteiger partial charge in [-0.05, 0) is 24.6 Å². The van der Waals surface area contributed by atoms with Gasteiger partial charge in [0.2, 0.25) is 0 Å². The van der Waals surface area contributed by atoms with Crippen molar-refractivity contribution in [1.82, 2.24) is 24.5 Å². The first-order valence-corrected chi connectivity index (χ1v) is 12.2. The van der Waals surface area contributed by atoms with Crippen molar-refractivity contribution < 1.29 is 14.7 Å². The van der Waals surface area contributed by atoms with E-state index in [0.29, 0.717) is 24.6 Å². The zero-order valence-corrected chi connectivity index (χ0v) is 22.0. The van der Waals surface area contributed by atoms with E-state index in [1.165, 1.54) is 11.3 Å². The van der Waals surface area contributed by atoms with Gasteiger partial charge in [0.1, 0.15) is 5.82 Å². The molecule has 0 atom stereocenters. The van der Waals surface area contributed by atoms with Crippen molar-refractivity contribution in [2.75, 3.05) is 43.8 Å². The number of aromatic nitrogens is 4. The van der Waals surface area contributed by atoms with Crippen molar-refractivity contribution in [3.8, 4) is 0 Å². The number of aliphatic carboxylic acids is 1. The lowest BCUT2D eigenvalue weighted by Gasteiger charge is -2.22. The second-order valence-corrected chi connectivity index (χ2v) is 8.63. The van der Waals surface area contributed by atoms with E-state index in [-0.39, 0.29) is 17.9 Å². The summed E-state index contributed by atoms with van der Waals surface area (Å²) in [5.41, 5.74) is 8.11. The predicted octanol–water partition coefficient (Wildman–Crippen LogP) is 3.33. The van der Waals surface area contributed by atoms with E-state index in [1.807, 2.05) is 29.8 Å². The Balaban J connectivity index is 0.000000297. The van der Waals surface area contributed by atoms with Gasteiger partial charge in [-0.1, -0.05) is 5.22 Å². The lowest BCUT2D eigenvalue weighted by molar-refractivity contribution is -0.137. The van der Waals surface area contributed by atoms with Gasteiger partial charge >= 0.3 is 5.97 Å². The quantitative estimate of drug-likeness (QED) is 0.181. The lowest BCUT2D eigenvalue weighted by atomic mass is 10.2. The fourth-order valence-electron chi connectivity index (χ4n) is 3.31. The third-order valence-corrected chi connectivity index (χ3v) is 5.34. The number of nitrogens with two attached hydrogens (primary N) is 1. The molecule has 0 fully saturated rings. The number of carbonyl (C=O) groups excluding carboxylic acids is 1. The average Bonchev–Trinajstić information content (AvgIpc) is 3.42. The van der Waals surface area contributed by atoms with Gasteiger partial charge in [0.05, 0.1) is 17.4 Å². The van der Waals surface area contributed by atoms with Gasteiger partial charge in [0.25, 0.3) is 5.91 Å². The minimum Gasteiger partial charge on any atom is -0.481 e. The summed E-state index contributed by atoms with van der Waals surface area (Å²) in [7, 11) is 5.38. The maximum absolute atomic E-state index is 10.8. The number of benzene rings is 1. The number of H-pyrrole nitrogens is 1. The molecule has 2 heterocycles. The number of amides is 1. The van der Waals surface area contributed by atoms with Crippen LogP contribution >= 0.6 is 23.2 Å². The van der Waals surface area contributed by atoms with Gasteiger partial charge < -0.3 is 25.3 Å². The van der Waals surface area contributed by atoms with Crippen LogP contribution in [0.5, 0.6) is 0 Å². The topological polar surface area (TPSA) is 158 Å². The maximum Gasteiger partial charge on any atom is 0.303 e. The minimum absolute atomic E-state index is 0.0885. The first kappa shape index (κ1) is 28.9. The van der Waals surface area contributed by atoms with Crippen molar-refractivity contribution in [1.29, 1.82) is 0 Å². The molecule has 0 bridgehead atoms. The van der Waals surface area contributed by atoms with Crippen molar-refractivity contribution in [2.45, 2.75) is 19.3 Å². The van der Waals surface area contributed by atoms with Gasteiger partial charge in [0, 0.05) is 64.5 Å². The molecule has 3 rings (SSSR count). The highest BCUT2D eigenvalue weighted by molar-refractivity contribution is 6.18. The summed E-state index contributed by atoms with van der Waals surface area (Å²) in [6.07, 6.45) is 2.74. The van der Waals surface area contributed by atoms with Gasteiger partial charge in [-0.2, -0.15) is 0 Å². The van der Waals surface area contributed by atoms with Gasteiger partial charge in [0.15, 0.2) is 11.5 Å². The number of carboxylic acid groups (broad SMARTS) is 1. The van der Waals surface area contributed by atoms with Crippen molar-refractivity contribution in [2.24, 2.45) is 23.1 Å². The number of aryl methyl sites for hydroxylation is 2. The first-order valence-electron chi connectivity index (χ1n) is 11.1. The van der Waals surface area contributed by atoms with Gasteiger partial charge in [-0.25, -0.2) is 9.97 Å². The summed E-state index contributed by atoms with van der Waals surface area (Å²) in [6, 6.07) is 6.12. The summed E-state index contributed by atoms with van der Waals surface area (Å²) < 4.78 is 2.02. The molecule has 0 radical (unpaired) electrons. The highest BCUT2D eigenvalue weighted by Gasteiger charge is 2.12. The molecule has 1 aromatic carbocycles. The molecule has 0 aliphatic heterocycles. The zero-order chi connectivity index (χ0) is 26.7. The molecule has 12 nitrogen and oxygen atoms in total. The van der Waals surface area contributed by atoms with Crippen LogP contribution in [0.15, 0.2) is 34.9 Å². The summed E-state index contributed by atoms with van der Waals surface area (Å²) >= 11 is 11.7. The number of imidazole rings is 2. The number of aromatic amines is 1. The largest absolute Gasteiger partial charge is 0.481 e. The number of primary amides is 1. The number of rotatable bonds is 12. The third kappa shape index (κ3) is 8.38. The molecule has 4 N–H and O–H groups in total. The second-order valence-electron chi connectivity index (χ2n) is 7.87. The van der Waals surface area contributed by atoms with E-state index < -0.39 is 11.9 Å². The normalized spacial score (nSPS) is 10.9. The SMILES string of the molecule is CN(C)/N=N/c1[nH]cnc1C(N)=O.Cn1c(CCCC(=O)O)nc2cc(N(CCCl)CCCl)ccc21. The molecular formula is C22H31Cl2N9O3. The molecular weight excluding hydrogens is 509 g/mol. The van der Waals surface area contributed by atoms with Crippen molar-refractivity contribution >= 4 is 57.6 Å². The number of halogens is 2. The summed E-state index contributed by atoms with van der Waals surface area (Å²) in [6.45, 7) is 1.47. The van der Waals surface area contributed by atoms with Crippen molar-refractivity contribution in [3.05, 3.63) is 36.0 Å². The van der Waals surface area contributed by atoms with Crippen LogP contribution in [-0.4, -0.2) is 80.5 Å². The van der Waals surface area contributed by atoms with Crippen LogP contribution in [0.3, 0.4) is 0 Å². The zero-order valence-electron chi connectivity index (χ0n) is 20.5. The molecule has 0 saturated heterocycles. The fraction of sp³-hybridized carbons (Fsp3) is 0.455. The number of anilines is 1. The highest BCUT2D eigenvalue weighted by atomic mass is 35.5. The number of carboxylic acids is 1. The van der Waals surface area contributed by atoms with Crippen LogP contribution in [0.2, 0.25) is 0 Å². The molecule has 2 aromatic heterocycles. The maximum atomic E-state index is 10.8. The van der Waals surface area contributed by atoms with Crippen LogP contribution < -0.4 is 10.6 Å². The lowest BCUT2D eigenvalue weighted by Crippen LogP contribution is -2.27. The molecule has 0 aliphatic carbocycles. The molecule has 3 aromatic rings. The Kier molecular flexibility index (Phi) is 11.4. The Morgan fingerprint density at radius 3 is 2.50 bits per heavy atom. The third-order valence-electron chi connectivity index (χ3n) is 5.00. The highest BCUT2D eigenvalue weighted by Crippen LogP contribution is 2.23. The Morgan fingerprint density at radius 2 is 1.92 bits per heavy atom. The average molecular weight is 540 g/mol. The van der Waals surface area contributed by atoms with Crippen LogP contribution in [0.4, 0.5) is 11.5 Å². The van der Waals surface area contributed by atoms with E-state index in [2.05, 4.69) is 30.2 Å². The number of hydrogen-bond donors (Lipinski definition) is 3. The summed E-state index contributed by atoms with van der Waals surface area (Å²) in [5, 5.41) is 17.6. The van der Waals surface area contributed by atoms with E-state index >= 15 is 0 Å². The van der Waals surface area contributed by atoms with E-state index in [4.69, 9.17) is 34.0 Å². The molecule has 0 saturated carbocycles. The predicted molar refractivity (Wildman–Crippen MR) is 140 cm³/mol. The Hall–Kier alpha value is -3.38. The number of carbonyl (C=O) groups is 2. The van der Waals surface area contributed by atoms with Crippen LogP contribution in [-0.2, 0) is 18.3 Å². The Labute approximate surface area is 219 Å². The number of nitrogens with one attached hydrogen (secondary N) is 1. The summed E-state index contributed by atoms with van der Waals surface area (Å²) in [5.74, 6) is 0.841. The van der Waals surface area contributed by atoms with Gasteiger partial charge in [-0.3, -0.25) is 14.6 Å². The molecule has 196 valence electrons. The number of fused-ring (bicyclic) bond motifs is 1. The Morgan fingerprint density at radius 1 is 1.22 bits per heavy atom. The minimum atomic E-state index is -0.774. The smallest absolute Gasteiger partial charge is 0.303 e. The molecule has 0 aliphatic rings. The standard InChI is InChI=1S/C16H21Cl2N3O2.C6H10N6O/c1-20-14-6-5-12(21(9-7-17)10-8-18)11-13(14)19-15(20)3-2-4-16(22)23;1-12(2)11-10-6-4(5(7)13)8-3-9-6/h5-6,11H,2-4,7-10H2,1H3,(H,22,23);3H,1-2H3,(H2,7,13)(H,8,9)/b;11-10+. The summed E-state index contributed by atoms with van der Waals surface area (Å²) in [4.78, 5) is 34.5. The molecule has 14 heteroatoms. The molecule has 0 spiro atoms. The van der Waals surface area contributed by atoms with Crippen LogP contribution in [0, 0.1) is 0 Å². The fourth-order valence-corrected chi connectivity index (χ4v) is 3.72. The first-order chi connectivity index (χ1) is 17.2. The molecule has 0 unspecified atom stereocenters. The van der Waals surface area contributed by atoms with E-state index in [1.54, 1.807) is 14.1 Å². The van der Waals surface area contributed by atoms with Crippen LogP contribution in [0.25, 0.3) is 11.0 Å². The van der Waals surface area contributed by atoms with E-state index in [9.17, 15) is 9.59 Å². The van der Waals surface area contributed by atoms with E-state index in [0.717, 1.165) is 35.6 Å². The molecule has 36 heavy (non-hydrogen) atoms. The van der Waals surface area contributed by atoms with Gasteiger partial charge in [-0.15, -0.1) is 28.3 Å². The molecule has 1 amide bonds. The number of nitrogens with zero attached hydrogens (tertiary/aromatic N) is 7. The Bertz CT molecular complexity index is 1170. The monoisotopic (exact) mass is 539 g/mol. The number of hydrogen-bond acceptors (Lipinski definition) is 7. The second kappa shape index (κ2) is 14.2. The number of alkyl halides is 2. The van der Waals surface area contributed by atoms with Crippen molar-refractivity contribution in [3.63, 3.8) is 0 Å². The van der Waals surface area contributed by atoms with Crippen LogP contribution in [0.1, 0.15) is 29.2 Å².